The maximum Gasteiger partial charge on any atom is 0.254 e. The molecule has 0 unspecified atom stereocenters. The lowest BCUT2D eigenvalue weighted by atomic mass is 9.98. The normalized spacial score (nSPS) is 14.6. The molecule has 1 aliphatic rings. The van der Waals surface area contributed by atoms with E-state index < -0.39 is 0 Å². The largest absolute Gasteiger partial charge is 0.350 e. The minimum Gasteiger partial charge on any atom is -0.350 e. The number of hydrogen-bond acceptors (Lipinski definition) is 1. The van der Waals surface area contributed by atoms with E-state index in [9.17, 15) is 4.79 Å². The first-order valence-corrected chi connectivity index (χ1v) is 9.21. The van der Waals surface area contributed by atoms with Crippen molar-refractivity contribution in [3.63, 3.8) is 0 Å². The maximum atomic E-state index is 12.7. The maximum absolute atomic E-state index is 12.7. The van der Waals surface area contributed by atoms with Crippen LogP contribution in [0.25, 0.3) is 16.5 Å². The smallest absolute Gasteiger partial charge is 0.254 e. The molecule has 1 aromatic heterocycles. The molecule has 0 atom stereocenters. The Morgan fingerprint density at radius 3 is 2.72 bits per heavy atom. The summed E-state index contributed by atoms with van der Waals surface area (Å²) in [4.78, 5) is 14.6. The fourth-order valence-electron chi connectivity index (χ4n) is 3.50. The van der Waals surface area contributed by atoms with E-state index in [-0.39, 0.29) is 5.91 Å². The molecule has 0 aliphatic carbocycles. The number of hydrogen-bond donors (Lipinski definition) is 0. The first kappa shape index (κ1) is 16.2. The van der Waals surface area contributed by atoms with E-state index in [1.54, 1.807) is 0 Å². The fourth-order valence-corrected chi connectivity index (χ4v) is 3.90. The summed E-state index contributed by atoms with van der Waals surface area (Å²) >= 11 is 3.43. The first-order chi connectivity index (χ1) is 12.1. The number of carbonyl (C=O) groups is 1. The van der Waals surface area contributed by atoms with Gasteiger partial charge in [-0.15, -0.1) is 0 Å². The predicted molar refractivity (Wildman–Crippen MR) is 106 cm³/mol. The van der Waals surface area contributed by atoms with Crippen molar-refractivity contribution < 1.29 is 4.79 Å². The zero-order valence-corrected chi connectivity index (χ0v) is 15.7. The van der Waals surface area contributed by atoms with Gasteiger partial charge >= 0.3 is 0 Å². The van der Waals surface area contributed by atoms with Crippen molar-refractivity contribution in [3.8, 4) is 0 Å². The molecule has 1 aliphatic heterocycles. The third-order valence-electron chi connectivity index (χ3n) is 4.81. The molecular formula is C21H19BrN2O. The molecule has 0 spiro atoms. The topological polar surface area (TPSA) is 25.2 Å². The molecule has 2 heterocycles. The SMILES string of the molecule is Cn1cc(C2=CCN(C(=O)c3cccc(Br)c3)CC2)c2ccccc21. The molecule has 0 bridgehead atoms. The van der Waals surface area contributed by atoms with Crippen molar-refractivity contribution in [2.24, 2.45) is 7.05 Å². The number of nitrogens with zero attached hydrogens (tertiary/aromatic N) is 2. The van der Waals surface area contributed by atoms with Gasteiger partial charge in [0.1, 0.15) is 0 Å². The average Bonchev–Trinajstić information content (AvgIpc) is 2.98. The first-order valence-electron chi connectivity index (χ1n) is 8.42. The van der Waals surface area contributed by atoms with Crippen LogP contribution in [0.4, 0.5) is 0 Å². The van der Waals surface area contributed by atoms with Gasteiger partial charge in [-0.05, 0) is 36.3 Å². The van der Waals surface area contributed by atoms with Crippen LogP contribution in [0.15, 0.2) is 65.3 Å². The molecule has 1 amide bonds. The monoisotopic (exact) mass is 394 g/mol. The van der Waals surface area contributed by atoms with Crippen LogP contribution in [0.1, 0.15) is 22.3 Å². The lowest BCUT2D eigenvalue weighted by molar-refractivity contribution is 0.0773. The van der Waals surface area contributed by atoms with Gasteiger partial charge < -0.3 is 9.47 Å². The van der Waals surface area contributed by atoms with Crippen LogP contribution in [-0.4, -0.2) is 28.5 Å². The van der Waals surface area contributed by atoms with Crippen molar-refractivity contribution in [3.05, 3.63) is 76.4 Å². The number of aryl methyl sites for hydroxylation is 1. The van der Waals surface area contributed by atoms with Gasteiger partial charge in [-0.2, -0.15) is 0 Å². The number of rotatable bonds is 2. The second-order valence-electron chi connectivity index (χ2n) is 6.41. The molecule has 3 nitrogen and oxygen atoms in total. The van der Waals surface area contributed by atoms with Gasteiger partial charge in [0, 0.05) is 52.8 Å². The number of amides is 1. The number of para-hydroxylation sites is 1. The number of benzene rings is 2. The Hall–Kier alpha value is -2.33. The van der Waals surface area contributed by atoms with Crippen LogP contribution >= 0.6 is 15.9 Å². The van der Waals surface area contributed by atoms with Gasteiger partial charge in [0.05, 0.1) is 0 Å². The Bertz CT molecular complexity index is 986. The lowest BCUT2D eigenvalue weighted by Gasteiger charge is -2.26. The summed E-state index contributed by atoms with van der Waals surface area (Å²) in [7, 11) is 2.08. The summed E-state index contributed by atoms with van der Waals surface area (Å²) in [6.45, 7) is 1.41. The van der Waals surface area contributed by atoms with E-state index in [1.165, 1.54) is 22.0 Å². The predicted octanol–water partition coefficient (Wildman–Crippen LogP) is 4.87. The highest BCUT2D eigenvalue weighted by Gasteiger charge is 2.21. The van der Waals surface area contributed by atoms with Crippen LogP contribution < -0.4 is 0 Å². The van der Waals surface area contributed by atoms with Gasteiger partial charge in [-0.3, -0.25) is 4.79 Å². The van der Waals surface area contributed by atoms with Gasteiger partial charge in [-0.1, -0.05) is 46.3 Å². The molecule has 4 rings (SSSR count). The second kappa shape index (κ2) is 6.52. The number of halogens is 1. The van der Waals surface area contributed by atoms with Gasteiger partial charge in [-0.25, -0.2) is 0 Å². The minimum absolute atomic E-state index is 0.0921. The Morgan fingerprint density at radius 1 is 1.12 bits per heavy atom. The van der Waals surface area contributed by atoms with Gasteiger partial charge in [0.25, 0.3) is 5.91 Å². The van der Waals surface area contributed by atoms with Crippen molar-refractivity contribution in [2.75, 3.05) is 13.1 Å². The molecular weight excluding hydrogens is 376 g/mol. The number of carbonyl (C=O) groups excluding carboxylic acids is 1. The van der Waals surface area contributed by atoms with Crippen LogP contribution in [0.2, 0.25) is 0 Å². The summed E-state index contributed by atoms with van der Waals surface area (Å²) in [6.07, 6.45) is 5.27. The van der Waals surface area contributed by atoms with E-state index in [1.807, 2.05) is 29.2 Å². The van der Waals surface area contributed by atoms with Crippen molar-refractivity contribution in [2.45, 2.75) is 6.42 Å². The molecule has 25 heavy (non-hydrogen) atoms. The van der Waals surface area contributed by atoms with Crippen LogP contribution in [0.5, 0.6) is 0 Å². The lowest BCUT2D eigenvalue weighted by Crippen LogP contribution is -2.34. The summed E-state index contributed by atoms with van der Waals surface area (Å²) in [5, 5.41) is 1.28. The highest BCUT2D eigenvalue weighted by atomic mass is 79.9. The molecule has 126 valence electrons. The summed E-state index contributed by atoms with van der Waals surface area (Å²) < 4.78 is 3.10. The molecule has 0 fully saturated rings. The number of fused-ring (bicyclic) bond motifs is 1. The Kier molecular flexibility index (Phi) is 4.22. The third kappa shape index (κ3) is 3.02. The molecule has 0 radical (unpaired) electrons. The van der Waals surface area contributed by atoms with Crippen molar-refractivity contribution >= 4 is 38.3 Å². The van der Waals surface area contributed by atoms with Crippen molar-refractivity contribution in [1.82, 2.24) is 9.47 Å². The van der Waals surface area contributed by atoms with E-state index >= 15 is 0 Å². The zero-order valence-electron chi connectivity index (χ0n) is 14.1. The fraction of sp³-hybridized carbons (Fsp3) is 0.190. The van der Waals surface area contributed by atoms with Crippen molar-refractivity contribution in [1.29, 1.82) is 0 Å². The summed E-state index contributed by atoms with van der Waals surface area (Å²) in [6, 6.07) is 16.1. The summed E-state index contributed by atoms with van der Waals surface area (Å²) in [5.74, 6) is 0.0921. The standard InChI is InChI=1S/C21H19BrN2O/c1-23-14-19(18-7-2-3-8-20(18)23)15-9-11-24(12-10-15)21(25)16-5-4-6-17(22)13-16/h2-9,13-14H,10-12H2,1H3. The Balaban J connectivity index is 1.59. The molecule has 4 heteroatoms. The van der Waals surface area contributed by atoms with E-state index in [0.29, 0.717) is 6.54 Å². The third-order valence-corrected chi connectivity index (χ3v) is 5.30. The van der Waals surface area contributed by atoms with Gasteiger partial charge in [0.15, 0.2) is 0 Å². The van der Waals surface area contributed by atoms with Gasteiger partial charge in [0.2, 0.25) is 0 Å². The summed E-state index contributed by atoms with van der Waals surface area (Å²) in [5.41, 5.74) is 4.59. The average molecular weight is 395 g/mol. The minimum atomic E-state index is 0.0921. The van der Waals surface area contributed by atoms with Crippen LogP contribution in [-0.2, 0) is 7.05 Å². The van der Waals surface area contributed by atoms with E-state index in [0.717, 1.165) is 23.0 Å². The Morgan fingerprint density at radius 2 is 1.96 bits per heavy atom. The molecule has 0 saturated heterocycles. The molecule has 0 saturated carbocycles. The highest BCUT2D eigenvalue weighted by Crippen LogP contribution is 2.30. The van der Waals surface area contributed by atoms with Crippen LogP contribution in [0, 0.1) is 0 Å². The van der Waals surface area contributed by atoms with E-state index in [4.69, 9.17) is 0 Å². The molecule has 0 N–H and O–H groups in total. The number of aromatic nitrogens is 1. The molecule has 2 aromatic carbocycles. The van der Waals surface area contributed by atoms with E-state index in [2.05, 4.69) is 64.1 Å². The second-order valence-corrected chi connectivity index (χ2v) is 7.33. The highest BCUT2D eigenvalue weighted by molar-refractivity contribution is 9.10. The van der Waals surface area contributed by atoms with Crippen LogP contribution in [0.3, 0.4) is 0 Å². The Labute approximate surface area is 155 Å². The zero-order chi connectivity index (χ0) is 17.4. The quantitative estimate of drug-likeness (QED) is 0.608. The molecule has 3 aromatic rings.